The molecule has 2 heterocycles. The number of aromatic nitrogens is 1. The Hall–Kier alpha value is -2.21. The maximum Gasteiger partial charge on any atom is 0.270 e. The van der Waals surface area contributed by atoms with Crippen molar-refractivity contribution < 1.29 is 9.59 Å². The molecule has 2 amide bonds. The zero-order valence-electron chi connectivity index (χ0n) is 15.6. The van der Waals surface area contributed by atoms with Crippen molar-refractivity contribution in [3.05, 3.63) is 52.0 Å². The Bertz CT molecular complexity index is 825. The standard InChI is InChI=1S/C21H25N3O2S/c1-15-22-18(14-27-15)20(26)23-17-7-10-21(11-8-17)12-9-19(25)24(21)13-16-5-3-2-4-6-16/h2-6,14,17H,7-13H2,1H3,(H,23,26). The van der Waals surface area contributed by atoms with Gasteiger partial charge >= 0.3 is 0 Å². The third-order valence-electron chi connectivity index (χ3n) is 5.96. The molecule has 27 heavy (non-hydrogen) atoms. The van der Waals surface area contributed by atoms with Crippen LogP contribution in [-0.2, 0) is 11.3 Å². The van der Waals surface area contributed by atoms with E-state index in [2.05, 4.69) is 27.3 Å². The quantitative estimate of drug-likeness (QED) is 0.876. The van der Waals surface area contributed by atoms with E-state index >= 15 is 0 Å². The Morgan fingerprint density at radius 2 is 2.00 bits per heavy atom. The van der Waals surface area contributed by atoms with Crippen LogP contribution >= 0.6 is 11.3 Å². The highest BCUT2D eigenvalue weighted by molar-refractivity contribution is 7.09. The number of carbonyl (C=O) groups is 2. The summed E-state index contributed by atoms with van der Waals surface area (Å²) in [7, 11) is 0. The molecule has 6 heteroatoms. The Morgan fingerprint density at radius 1 is 1.26 bits per heavy atom. The maximum absolute atomic E-state index is 12.5. The van der Waals surface area contributed by atoms with Gasteiger partial charge in [0.2, 0.25) is 5.91 Å². The molecule has 2 aromatic rings. The van der Waals surface area contributed by atoms with Crippen molar-refractivity contribution >= 4 is 23.2 Å². The first-order valence-corrected chi connectivity index (χ1v) is 10.5. The van der Waals surface area contributed by atoms with Crippen molar-refractivity contribution in [1.82, 2.24) is 15.2 Å². The van der Waals surface area contributed by atoms with Gasteiger partial charge in [-0.05, 0) is 44.6 Å². The minimum atomic E-state index is -0.0797. The summed E-state index contributed by atoms with van der Waals surface area (Å²) in [6.07, 6.45) is 5.30. The number of hydrogen-bond donors (Lipinski definition) is 1. The second-order valence-electron chi connectivity index (χ2n) is 7.69. The summed E-state index contributed by atoms with van der Waals surface area (Å²) in [4.78, 5) is 31.3. The first-order chi connectivity index (χ1) is 13.1. The average molecular weight is 384 g/mol. The average Bonchev–Trinajstić information content (AvgIpc) is 3.24. The summed E-state index contributed by atoms with van der Waals surface area (Å²) < 4.78 is 0. The molecule has 1 saturated carbocycles. The molecule has 2 aliphatic rings. The number of benzene rings is 1. The number of hydrogen-bond acceptors (Lipinski definition) is 4. The van der Waals surface area contributed by atoms with Crippen molar-refractivity contribution in [3.63, 3.8) is 0 Å². The molecule has 1 aliphatic heterocycles. The highest BCUT2D eigenvalue weighted by Crippen LogP contribution is 2.43. The monoisotopic (exact) mass is 383 g/mol. The Morgan fingerprint density at radius 3 is 2.67 bits per heavy atom. The molecule has 5 nitrogen and oxygen atoms in total. The summed E-state index contributed by atoms with van der Waals surface area (Å²) in [6.45, 7) is 2.60. The number of thiazole rings is 1. The number of rotatable bonds is 4. The molecule has 2 fully saturated rings. The molecule has 0 unspecified atom stereocenters. The molecular weight excluding hydrogens is 358 g/mol. The number of nitrogens with one attached hydrogen (secondary N) is 1. The predicted octanol–water partition coefficient (Wildman–Crippen LogP) is 3.69. The zero-order valence-corrected chi connectivity index (χ0v) is 16.4. The van der Waals surface area contributed by atoms with Crippen LogP contribution in [0.15, 0.2) is 35.7 Å². The summed E-state index contributed by atoms with van der Waals surface area (Å²) in [5, 5.41) is 5.85. The zero-order chi connectivity index (χ0) is 18.9. The molecule has 1 aliphatic carbocycles. The summed E-state index contributed by atoms with van der Waals surface area (Å²) >= 11 is 1.50. The normalized spacial score (nSPS) is 25.1. The lowest BCUT2D eigenvalue weighted by Gasteiger charge is -2.44. The maximum atomic E-state index is 12.5. The van der Waals surface area contributed by atoms with Gasteiger partial charge in [-0.15, -0.1) is 11.3 Å². The van der Waals surface area contributed by atoms with Gasteiger partial charge in [0.1, 0.15) is 5.69 Å². The highest BCUT2D eigenvalue weighted by atomic mass is 32.1. The highest BCUT2D eigenvalue weighted by Gasteiger charge is 2.47. The number of nitrogens with zero attached hydrogens (tertiary/aromatic N) is 2. The van der Waals surface area contributed by atoms with Gasteiger partial charge in [0.05, 0.1) is 5.01 Å². The summed E-state index contributed by atoms with van der Waals surface area (Å²) in [5.41, 5.74) is 1.66. The Kier molecular flexibility index (Phi) is 5.00. The van der Waals surface area contributed by atoms with E-state index in [1.807, 2.05) is 30.5 Å². The third kappa shape index (κ3) is 3.76. The SMILES string of the molecule is Cc1nc(C(=O)NC2CCC3(CCC(=O)N3Cc3ccccc3)CC2)cs1. The van der Waals surface area contributed by atoms with Gasteiger partial charge in [0.15, 0.2) is 0 Å². The van der Waals surface area contributed by atoms with E-state index in [4.69, 9.17) is 0 Å². The topological polar surface area (TPSA) is 62.3 Å². The van der Waals surface area contributed by atoms with E-state index < -0.39 is 0 Å². The smallest absolute Gasteiger partial charge is 0.270 e. The van der Waals surface area contributed by atoms with Crippen LogP contribution in [0.4, 0.5) is 0 Å². The molecular formula is C21H25N3O2S. The molecule has 1 saturated heterocycles. The summed E-state index contributed by atoms with van der Waals surface area (Å²) in [6, 6.07) is 10.4. The number of aryl methyl sites for hydroxylation is 1. The van der Waals surface area contributed by atoms with Crippen molar-refractivity contribution in [1.29, 1.82) is 0 Å². The van der Waals surface area contributed by atoms with Crippen LogP contribution in [0.3, 0.4) is 0 Å². The Labute approximate surface area is 163 Å². The Balaban J connectivity index is 1.39. The van der Waals surface area contributed by atoms with E-state index in [1.165, 1.54) is 16.9 Å². The van der Waals surface area contributed by atoms with Crippen molar-refractivity contribution in [2.45, 2.75) is 63.6 Å². The summed E-state index contributed by atoms with van der Waals surface area (Å²) in [5.74, 6) is 0.184. The number of likely N-dealkylation sites (tertiary alicyclic amines) is 1. The van der Waals surface area contributed by atoms with Crippen LogP contribution in [0.25, 0.3) is 0 Å². The van der Waals surface area contributed by atoms with Crippen LogP contribution in [0.1, 0.15) is 59.6 Å². The minimum Gasteiger partial charge on any atom is -0.348 e. The van der Waals surface area contributed by atoms with Crippen LogP contribution < -0.4 is 5.32 Å². The first-order valence-electron chi connectivity index (χ1n) is 9.63. The van der Waals surface area contributed by atoms with E-state index in [0.29, 0.717) is 18.7 Å². The van der Waals surface area contributed by atoms with Crippen LogP contribution in [0.2, 0.25) is 0 Å². The van der Waals surface area contributed by atoms with Gasteiger partial charge in [0.25, 0.3) is 5.91 Å². The van der Waals surface area contributed by atoms with Gasteiger partial charge < -0.3 is 10.2 Å². The molecule has 0 atom stereocenters. The lowest BCUT2D eigenvalue weighted by atomic mass is 9.77. The van der Waals surface area contributed by atoms with Gasteiger partial charge in [-0.1, -0.05) is 30.3 Å². The van der Waals surface area contributed by atoms with E-state index in [1.54, 1.807) is 0 Å². The largest absolute Gasteiger partial charge is 0.348 e. The second kappa shape index (κ2) is 7.43. The molecule has 1 spiro atoms. The van der Waals surface area contributed by atoms with E-state index in [-0.39, 0.29) is 23.4 Å². The number of carbonyl (C=O) groups excluding carboxylic acids is 2. The molecule has 1 N–H and O–H groups in total. The number of amides is 2. The van der Waals surface area contributed by atoms with Gasteiger partial charge in [-0.3, -0.25) is 9.59 Å². The van der Waals surface area contributed by atoms with Crippen LogP contribution in [0, 0.1) is 6.92 Å². The second-order valence-corrected chi connectivity index (χ2v) is 8.75. The molecule has 0 radical (unpaired) electrons. The van der Waals surface area contributed by atoms with E-state index in [0.717, 1.165) is 37.1 Å². The van der Waals surface area contributed by atoms with Crippen molar-refractivity contribution in [2.24, 2.45) is 0 Å². The van der Waals surface area contributed by atoms with E-state index in [9.17, 15) is 9.59 Å². The first kappa shape index (κ1) is 18.2. The molecule has 0 bridgehead atoms. The third-order valence-corrected chi connectivity index (χ3v) is 6.74. The molecule has 1 aromatic carbocycles. The minimum absolute atomic E-state index is 0.0363. The lowest BCUT2D eigenvalue weighted by molar-refractivity contribution is -0.133. The molecule has 1 aromatic heterocycles. The fourth-order valence-electron chi connectivity index (χ4n) is 4.44. The van der Waals surface area contributed by atoms with Gasteiger partial charge in [-0.25, -0.2) is 4.98 Å². The van der Waals surface area contributed by atoms with Crippen molar-refractivity contribution in [2.75, 3.05) is 0 Å². The van der Waals surface area contributed by atoms with Crippen molar-refractivity contribution in [3.8, 4) is 0 Å². The van der Waals surface area contributed by atoms with Crippen LogP contribution in [0.5, 0.6) is 0 Å². The predicted molar refractivity (Wildman–Crippen MR) is 106 cm³/mol. The molecule has 4 rings (SSSR count). The van der Waals surface area contributed by atoms with Gasteiger partial charge in [-0.2, -0.15) is 0 Å². The fourth-order valence-corrected chi connectivity index (χ4v) is 5.04. The van der Waals surface area contributed by atoms with Gasteiger partial charge in [0, 0.05) is 29.9 Å². The fraction of sp³-hybridized carbons (Fsp3) is 0.476. The molecule has 142 valence electrons. The lowest BCUT2D eigenvalue weighted by Crippen LogP contribution is -2.51. The van der Waals surface area contributed by atoms with Crippen LogP contribution in [-0.4, -0.2) is 33.3 Å².